The van der Waals surface area contributed by atoms with E-state index in [4.69, 9.17) is 4.74 Å². The maximum atomic E-state index is 14.6. The Kier molecular flexibility index (Phi) is 7.78. The molecule has 2 aromatic carbocycles. The molecule has 1 aliphatic rings. The number of ether oxygens (including phenoxy) is 1. The zero-order valence-electron chi connectivity index (χ0n) is 17.5. The third kappa shape index (κ3) is 5.56. The fraction of sp³-hybridized carbons (Fsp3) is 0.385. The van der Waals surface area contributed by atoms with E-state index in [0.717, 1.165) is 44.1 Å². The Morgan fingerprint density at radius 2 is 1.80 bits per heavy atom. The van der Waals surface area contributed by atoms with Gasteiger partial charge in [-0.15, -0.1) is 6.58 Å². The zero-order valence-corrected chi connectivity index (χ0v) is 17.5. The highest BCUT2D eigenvalue weighted by Crippen LogP contribution is 2.39. The van der Waals surface area contributed by atoms with Gasteiger partial charge in [0.05, 0.1) is 6.61 Å². The van der Waals surface area contributed by atoms with Crippen LogP contribution >= 0.6 is 0 Å². The number of unbranched alkanes of at least 4 members (excludes halogenated alkanes) is 1. The van der Waals surface area contributed by atoms with Gasteiger partial charge in [0.15, 0.2) is 11.6 Å². The van der Waals surface area contributed by atoms with Crippen LogP contribution in [0.2, 0.25) is 0 Å². The first-order valence-corrected chi connectivity index (χ1v) is 10.7. The molecule has 0 heterocycles. The van der Waals surface area contributed by atoms with E-state index in [1.165, 1.54) is 12.1 Å². The van der Waals surface area contributed by atoms with Crippen LogP contribution in [0.25, 0.3) is 6.08 Å². The lowest BCUT2D eigenvalue weighted by Gasteiger charge is -2.27. The molecule has 0 aromatic heterocycles. The fourth-order valence-electron chi connectivity index (χ4n) is 4.01. The van der Waals surface area contributed by atoms with Gasteiger partial charge in [-0.2, -0.15) is 4.39 Å². The van der Waals surface area contributed by atoms with Gasteiger partial charge in [0, 0.05) is 5.56 Å². The van der Waals surface area contributed by atoms with Gasteiger partial charge in [-0.25, -0.2) is 8.78 Å². The lowest BCUT2D eigenvalue weighted by molar-refractivity contribution is 0.288. The first-order valence-electron chi connectivity index (χ1n) is 10.7. The van der Waals surface area contributed by atoms with E-state index in [-0.39, 0.29) is 17.5 Å². The molecular weight excluding hydrogens is 385 g/mol. The molecule has 1 nitrogen and oxygen atoms in total. The molecule has 1 saturated carbocycles. The average molecular weight is 415 g/mol. The summed E-state index contributed by atoms with van der Waals surface area (Å²) in [5.41, 5.74) is 1.91. The van der Waals surface area contributed by atoms with Crippen molar-refractivity contribution in [1.29, 1.82) is 0 Å². The highest BCUT2D eigenvalue weighted by atomic mass is 19.2. The van der Waals surface area contributed by atoms with Gasteiger partial charge in [0.1, 0.15) is 5.82 Å². The van der Waals surface area contributed by atoms with Crippen molar-refractivity contribution in [3.05, 3.63) is 83.2 Å². The molecule has 0 amide bonds. The van der Waals surface area contributed by atoms with E-state index in [2.05, 4.69) is 6.58 Å². The van der Waals surface area contributed by atoms with E-state index in [1.54, 1.807) is 18.2 Å². The molecule has 4 heteroatoms. The summed E-state index contributed by atoms with van der Waals surface area (Å²) in [4.78, 5) is 0. The van der Waals surface area contributed by atoms with E-state index in [1.807, 2.05) is 25.1 Å². The quantitative estimate of drug-likeness (QED) is 0.317. The first-order chi connectivity index (χ1) is 14.5. The van der Waals surface area contributed by atoms with Crippen LogP contribution in [0.15, 0.2) is 49.1 Å². The second kappa shape index (κ2) is 10.5. The topological polar surface area (TPSA) is 9.23 Å². The summed E-state index contributed by atoms with van der Waals surface area (Å²) < 4.78 is 48.4. The van der Waals surface area contributed by atoms with E-state index in [9.17, 15) is 13.2 Å². The third-order valence-corrected chi connectivity index (χ3v) is 5.80. The third-order valence-electron chi connectivity index (χ3n) is 5.80. The van der Waals surface area contributed by atoms with Crippen molar-refractivity contribution in [2.24, 2.45) is 5.92 Å². The molecule has 30 heavy (non-hydrogen) atoms. The largest absolute Gasteiger partial charge is 0.490 e. The monoisotopic (exact) mass is 414 g/mol. The minimum absolute atomic E-state index is 0.00456. The summed E-state index contributed by atoms with van der Waals surface area (Å²) in [6.07, 6.45) is 10.4. The fourth-order valence-corrected chi connectivity index (χ4v) is 4.01. The molecule has 0 radical (unpaired) electrons. The molecular formula is C26H29F3O. The Morgan fingerprint density at radius 1 is 1.03 bits per heavy atom. The Hall–Kier alpha value is -2.49. The van der Waals surface area contributed by atoms with Crippen molar-refractivity contribution in [3.63, 3.8) is 0 Å². The summed E-state index contributed by atoms with van der Waals surface area (Å²) >= 11 is 0. The van der Waals surface area contributed by atoms with Gasteiger partial charge in [-0.1, -0.05) is 36.4 Å². The summed E-state index contributed by atoms with van der Waals surface area (Å²) in [7, 11) is 0. The van der Waals surface area contributed by atoms with Gasteiger partial charge in [-0.3, -0.25) is 0 Å². The minimum atomic E-state index is -0.900. The minimum Gasteiger partial charge on any atom is -0.490 e. The van der Waals surface area contributed by atoms with Crippen molar-refractivity contribution in [1.82, 2.24) is 0 Å². The van der Waals surface area contributed by atoms with E-state index >= 15 is 0 Å². The van der Waals surface area contributed by atoms with Crippen LogP contribution in [0, 0.1) is 30.3 Å². The highest BCUT2D eigenvalue weighted by molar-refractivity contribution is 5.51. The molecule has 0 aliphatic heterocycles. The van der Waals surface area contributed by atoms with E-state index in [0.29, 0.717) is 23.7 Å². The van der Waals surface area contributed by atoms with Gasteiger partial charge < -0.3 is 4.74 Å². The Balaban J connectivity index is 1.58. The first kappa shape index (κ1) is 22.2. The van der Waals surface area contributed by atoms with Crippen LogP contribution < -0.4 is 4.74 Å². The van der Waals surface area contributed by atoms with Crippen LogP contribution in [-0.4, -0.2) is 6.61 Å². The maximum absolute atomic E-state index is 14.6. The smallest absolute Gasteiger partial charge is 0.200 e. The number of hydrogen-bond acceptors (Lipinski definition) is 1. The number of halogens is 3. The highest BCUT2D eigenvalue weighted by Gasteiger charge is 2.26. The zero-order chi connectivity index (χ0) is 21.5. The number of allylic oxidation sites excluding steroid dienone is 2. The Morgan fingerprint density at radius 3 is 2.50 bits per heavy atom. The Bertz CT molecular complexity index is 895. The molecule has 3 rings (SSSR count). The van der Waals surface area contributed by atoms with Gasteiger partial charge >= 0.3 is 0 Å². The number of benzene rings is 2. The molecule has 0 bridgehead atoms. The standard InChI is InChI=1S/C26H29F3O/c1-3-4-5-16-30-24-15-14-22(25(28)26(24)29)20-11-7-19(8-12-20)9-13-21-10-6-18(2)17-23(21)27/h3,6,9-10,13-15,17,19-20H,1,4-5,7-8,11-12,16H2,2H3/b13-9+. The SMILES string of the molecule is C=CCCCOc1ccc(C2CCC(/C=C/c3ccc(C)cc3F)CC2)c(F)c1F. The molecule has 1 aliphatic carbocycles. The predicted octanol–water partition coefficient (Wildman–Crippen LogP) is 7.74. The molecule has 0 N–H and O–H groups in total. The number of aryl methyl sites for hydroxylation is 1. The molecule has 0 unspecified atom stereocenters. The van der Waals surface area contributed by atoms with Gasteiger partial charge in [-0.05, 0) is 80.5 Å². The van der Waals surface area contributed by atoms with Crippen molar-refractivity contribution < 1.29 is 17.9 Å². The lowest BCUT2D eigenvalue weighted by atomic mass is 9.78. The normalized spacial score (nSPS) is 19.2. The van der Waals surface area contributed by atoms with E-state index < -0.39 is 11.6 Å². The van der Waals surface area contributed by atoms with Crippen LogP contribution in [0.1, 0.15) is 61.1 Å². The van der Waals surface area contributed by atoms with Crippen LogP contribution in [0.5, 0.6) is 5.75 Å². The Labute approximate surface area is 177 Å². The van der Waals surface area contributed by atoms with Gasteiger partial charge in [0.2, 0.25) is 5.82 Å². The second-order valence-corrected chi connectivity index (χ2v) is 8.06. The second-order valence-electron chi connectivity index (χ2n) is 8.06. The molecule has 160 valence electrons. The molecule has 0 atom stereocenters. The van der Waals surface area contributed by atoms with Crippen molar-refractivity contribution >= 4 is 6.08 Å². The molecule has 1 fully saturated rings. The van der Waals surface area contributed by atoms with Crippen molar-refractivity contribution in [3.8, 4) is 5.75 Å². The maximum Gasteiger partial charge on any atom is 0.200 e. The van der Waals surface area contributed by atoms with Crippen molar-refractivity contribution in [2.45, 2.75) is 51.4 Å². The van der Waals surface area contributed by atoms with Gasteiger partial charge in [0.25, 0.3) is 0 Å². The molecule has 0 spiro atoms. The summed E-state index contributed by atoms with van der Waals surface area (Å²) in [5, 5.41) is 0. The van der Waals surface area contributed by atoms with Crippen LogP contribution in [-0.2, 0) is 0 Å². The average Bonchev–Trinajstić information content (AvgIpc) is 2.74. The van der Waals surface area contributed by atoms with Crippen LogP contribution in [0.4, 0.5) is 13.2 Å². The lowest BCUT2D eigenvalue weighted by Crippen LogP contribution is -2.14. The summed E-state index contributed by atoms with van der Waals surface area (Å²) in [6, 6.07) is 8.40. The summed E-state index contributed by atoms with van der Waals surface area (Å²) in [5.74, 6) is -1.63. The van der Waals surface area contributed by atoms with Crippen molar-refractivity contribution in [2.75, 3.05) is 6.61 Å². The summed E-state index contributed by atoms with van der Waals surface area (Å²) in [6.45, 7) is 5.83. The predicted molar refractivity (Wildman–Crippen MR) is 116 cm³/mol. The number of hydrogen-bond donors (Lipinski definition) is 0. The molecule has 2 aromatic rings. The van der Waals surface area contributed by atoms with Crippen LogP contribution in [0.3, 0.4) is 0 Å². The molecule has 0 saturated heterocycles. The number of rotatable bonds is 8.